The molecule has 0 fully saturated rings. The van der Waals surface area contributed by atoms with E-state index in [4.69, 9.17) is 50.4 Å². The van der Waals surface area contributed by atoms with Gasteiger partial charge in [0.1, 0.15) is 57.8 Å². The van der Waals surface area contributed by atoms with Gasteiger partial charge in [-0.15, -0.1) is 11.3 Å². The zero-order valence-electron chi connectivity index (χ0n) is 82.2. The van der Waals surface area contributed by atoms with Crippen molar-refractivity contribution in [3.8, 4) is 5.75 Å². The summed E-state index contributed by atoms with van der Waals surface area (Å²) < 4.78 is 41.4. The normalized spacial score (nSPS) is 12.3. The number of carbonyl (C=O) groups is 11. The predicted molar refractivity (Wildman–Crippen MR) is 543 cm³/mol. The molecule has 0 radical (unpaired) electrons. The van der Waals surface area contributed by atoms with Gasteiger partial charge in [-0.05, 0) is 126 Å². The fourth-order valence-electron chi connectivity index (χ4n) is 15.4. The van der Waals surface area contributed by atoms with Crippen LogP contribution in [0.15, 0.2) is 109 Å². The van der Waals surface area contributed by atoms with E-state index in [1.54, 1.807) is 117 Å². The first kappa shape index (κ1) is 111. The van der Waals surface area contributed by atoms with Gasteiger partial charge in [0.05, 0.1) is 101 Å². The van der Waals surface area contributed by atoms with Crippen LogP contribution in [-0.4, -0.2) is 247 Å². The molecule has 1 aliphatic rings. The number of aromatic nitrogens is 6. The van der Waals surface area contributed by atoms with Crippen molar-refractivity contribution in [1.29, 1.82) is 10.8 Å². The second-order valence-corrected chi connectivity index (χ2v) is 36.0. The first-order valence-corrected chi connectivity index (χ1v) is 49.2. The molecule has 0 bridgehead atoms. The van der Waals surface area contributed by atoms with Crippen LogP contribution in [0.1, 0.15) is 223 Å². The number of aliphatic imine (C=N–C) groups is 1. The summed E-state index contributed by atoms with van der Waals surface area (Å²) in [4.78, 5) is 158. The summed E-state index contributed by atoms with van der Waals surface area (Å²) in [5, 5.41) is 49.7. The van der Waals surface area contributed by atoms with Crippen molar-refractivity contribution in [2.24, 2.45) is 40.2 Å². The predicted octanol–water partition coefficient (Wildman–Crippen LogP) is 12.2. The Morgan fingerprint density at radius 3 is 1.47 bits per heavy atom. The summed E-state index contributed by atoms with van der Waals surface area (Å²) in [5.41, 5.74) is 5.95. The van der Waals surface area contributed by atoms with E-state index in [0.717, 1.165) is 58.8 Å². The molecule has 41 heteroatoms. The van der Waals surface area contributed by atoms with Crippen LogP contribution in [0.3, 0.4) is 0 Å². The number of nitrogens with zero attached hydrogens (tertiary/aromatic N) is 9. The Hall–Kier alpha value is -12.7. The summed E-state index contributed by atoms with van der Waals surface area (Å²) in [5.74, 6) is -3.56. The van der Waals surface area contributed by atoms with Gasteiger partial charge in [-0.3, -0.25) is 73.5 Å². The Bertz CT molecular complexity index is 5480. The third kappa shape index (κ3) is 37.1. The molecule has 39 nitrogen and oxygen atoms in total. The van der Waals surface area contributed by atoms with Crippen LogP contribution in [-0.2, 0) is 87.7 Å². The van der Waals surface area contributed by atoms with E-state index in [2.05, 4.69) is 75.3 Å². The van der Waals surface area contributed by atoms with Gasteiger partial charge in [-0.2, -0.15) is 0 Å². The number of nitrogens with one attached hydrogen (secondary N) is 13. The Kier molecular flexibility index (Phi) is 46.8. The monoisotopic (exact) mass is 1980 g/mol. The van der Waals surface area contributed by atoms with E-state index < -0.39 is 47.4 Å². The Morgan fingerprint density at radius 1 is 0.457 bits per heavy atom. The van der Waals surface area contributed by atoms with Crippen molar-refractivity contribution < 1.29 is 81.2 Å². The Labute approximate surface area is 827 Å². The highest BCUT2D eigenvalue weighted by molar-refractivity contribution is 7.17. The molecule has 7 heterocycles. The van der Waals surface area contributed by atoms with Gasteiger partial charge in [-0.25, -0.2) is 4.98 Å². The number of fused-ring (bicyclic) bond motifs is 1. The van der Waals surface area contributed by atoms with Crippen molar-refractivity contribution in [2.75, 3.05) is 162 Å². The van der Waals surface area contributed by atoms with Crippen molar-refractivity contribution >= 4 is 145 Å². The van der Waals surface area contributed by atoms with Crippen LogP contribution in [0.4, 0.5) is 39.3 Å². The third-order valence-corrected chi connectivity index (χ3v) is 24.4. The van der Waals surface area contributed by atoms with E-state index >= 15 is 0 Å². The first-order valence-electron chi connectivity index (χ1n) is 48.0. The SMILES string of the molecule is CCCCCCCCCCCCCCCC(=O)Nc1cc(C(=O)Nc2cc(C(=O)NCCC(=O)Nc3cc(C(=O)Nc4ccn(C)c4C(=O)NCCC(=O)Nc4cn(C)c(C(=O)NCCC(=O)NCCCN(C)CCCNC(=O)CCOCCOCCOCCOCCOCCOc5ccc(NC(=O)C[C@@H]6N=C(c7ccc(Cl)cc7)c7c(sc(C)c7C)N(C(C)=N)C6=N)cc5)n4)n(C)c3)n(C)c2)n(C)c1. The quantitative estimate of drug-likeness (QED) is 0.00956. The molecule has 1 aliphatic heterocycles. The molecule has 0 saturated carbocycles. The molecule has 8 aromatic rings. The lowest BCUT2D eigenvalue weighted by Crippen LogP contribution is -2.41. The van der Waals surface area contributed by atoms with E-state index in [1.807, 2.05) is 33.0 Å². The average molecular weight is 1980 g/mol. The first-order chi connectivity index (χ1) is 67.4. The van der Waals surface area contributed by atoms with Gasteiger partial charge in [0, 0.05) is 158 Å². The third-order valence-electron chi connectivity index (χ3n) is 23.0. The minimum atomic E-state index is -0.863. The second-order valence-electron chi connectivity index (χ2n) is 34.4. The molecular weight excluding hydrogens is 1840 g/mol. The lowest BCUT2D eigenvalue weighted by molar-refractivity contribution is -0.122. The molecule has 11 amide bonds. The lowest BCUT2D eigenvalue weighted by atomic mass is 9.99. The van der Waals surface area contributed by atoms with Crippen LogP contribution < -0.4 is 68.1 Å². The molecule has 140 heavy (non-hydrogen) atoms. The van der Waals surface area contributed by atoms with Crippen molar-refractivity contribution in [3.63, 3.8) is 0 Å². The summed E-state index contributed by atoms with van der Waals surface area (Å²) in [6.45, 7) is 14.0. The fourth-order valence-corrected chi connectivity index (χ4v) is 16.8. The molecule has 0 spiro atoms. The van der Waals surface area contributed by atoms with E-state index in [0.29, 0.717) is 143 Å². The van der Waals surface area contributed by atoms with Crippen LogP contribution in [0.25, 0.3) is 0 Å². The highest BCUT2D eigenvalue weighted by Crippen LogP contribution is 2.41. The number of hydrogen-bond donors (Lipinski definition) is 13. The molecule has 6 aromatic heterocycles. The number of hydrogen-bond acceptors (Lipinski definition) is 23. The zero-order chi connectivity index (χ0) is 101. The highest BCUT2D eigenvalue weighted by atomic mass is 35.5. The number of carbonyl (C=O) groups excluding carboxylic acids is 11. The number of thiophene rings is 1. The van der Waals surface area contributed by atoms with Crippen LogP contribution >= 0.6 is 22.9 Å². The maximum atomic E-state index is 13.7. The van der Waals surface area contributed by atoms with Gasteiger partial charge in [0.25, 0.3) is 29.5 Å². The number of halogens is 1. The number of unbranched alkanes of at least 4 members (excludes halogenated alkanes) is 12. The molecular formula is C99H139ClN22O17S. The van der Waals surface area contributed by atoms with Gasteiger partial charge in [0.2, 0.25) is 41.3 Å². The number of aryl methyl sites for hydroxylation is 6. The van der Waals surface area contributed by atoms with E-state index in [1.165, 1.54) is 120 Å². The smallest absolute Gasteiger partial charge is 0.287 e. The number of imidazole rings is 1. The van der Waals surface area contributed by atoms with Gasteiger partial charge < -0.3 is 115 Å². The number of anilines is 7. The van der Waals surface area contributed by atoms with Crippen LogP contribution in [0, 0.1) is 24.7 Å². The summed E-state index contributed by atoms with van der Waals surface area (Å²) >= 11 is 7.73. The molecule has 760 valence electrons. The molecule has 9 rings (SSSR count). The standard InChI is InChI=1S/C99H139ClN22O17S/c1-11-12-13-14-15-16-17-18-19-20-21-22-23-26-85(125)109-73-59-80(119(8)63-73)95(130)111-75-61-79(118(7)65-75)94(129)105-43-36-86(126)110-74-60-81(120(9)64-74)96(131)113-77-38-47-117(6)91(77)97(132)106-44-37-87(127)114-82-66-121(10)93(115-82)98(133)107-42-35-83(123)103-40-24-45-116(5)46-25-41-104-84(124)39-48-134-49-50-135-51-52-136-53-54-137-55-56-138-57-58-139-76-33-31-72(32-34-76)108-88(128)62-78-92(102)122(69(4)101)99-89(67(2)68(3)140-99)90(112-78)70-27-29-71(100)30-28-70/h27-34,38,47,59-61,63-66,78,101-102H,11-26,35-37,39-46,48-58,62H2,1-10H3,(H,103,123)(H,104,124)(H,105,129)(H,106,132)(H,107,133)(H,108,128)(H,109,125)(H,110,126)(H,111,130)(H,113,131)(H,114,127)/t78-/m0/s1. The van der Waals surface area contributed by atoms with Crippen molar-refractivity contribution in [2.45, 2.75) is 169 Å². The van der Waals surface area contributed by atoms with E-state index in [9.17, 15) is 58.1 Å². The Morgan fingerprint density at radius 2 is 0.921 bits per heavy atom. The highest BCUT2D eigenvalue weighted by Gasteiger charge is 2.36. The van der Waals surface area contributed by atoms with Gasteiger partial charge in [0.15, 0.2) is 5.82 Å². The largest absolute Gasteiger partial charge is 0.491 e. The second kappa shape index (κ2) is 59.0. The van der Waals surface area contributed by atoms with Crippen LogP contribution in [0.5, 0.6) is 5.75 Å². The lowest BCUT2D eigenvalue weighted by Gasteiger charge is -2.24. The van der Waals surface area contributed by atoms with E-state index in [-0.39, 0.29) is 128 Å². The number of rotatable bonds is 64. The number of amidine groups is 2. The fraction of sp³-hybridized carbons (Fsp3) is 0.505. The topological polar surface area (TPSA) is 480 Å². The summed E-state index contributed by atoms with van der Waals surface area (Å²) in [6.07, 6.45) is 25.3. The van der Waals surface area contributed by atoms with Crippen LogP contribution in [0.2, 0.25) is 5.02 Å². The van der Waals surface area contributed by atoms with Crippen molar-refractivity contribution in [1.82, 2.24) is 59.3 Å². The molecule has 0 unspecified atom stereocenters. The Balaban J connectivity index is 0.526. The number of benzene rings is 2. The average Bonchev–Trinajstić information content (AvgIpc) is 1.60. The molecule has 0 saturated heterocycles. The van der Waals surface area contributed by atoms with Gasteiger partial charge in [-0.1, -0.05) is 108 Å². The zero-order valence-corrected chi connectivity index (χ0v) is 83.8. The minimum Gasteiger partial charge on any atom is -0.491 e. The number of amides is 11. The van der Waals surface area contributed by atoms with Crippen molar-refractivity contribution in [3.05, 3.63) is 159 Å². The maximum absolute atomic E-state index is 13.7. The minimum absolute atomic E-state index is 0.0124. The molecule has 13 N–H and O–H groups in total. The summed E-state index contributed by atoms with van der Waals surface area (Å²) in [6, 6.07) is 19.5. The number of ether oxygens (including phenoxy) is 6. The molecule has 1 atom stereocenters. The summed E-state index contributed by atoms with van der Waals surface area (Å²) in [7, 11) is 10.1. The van der Waals surface area contributed by atoms with Gasteiger partial charge >= 0.3 is 0 Å². The maximum Gasteiger partial charge on any atom is 0.287 e. The molecule has 2 aromatic carbocycles. The molecule has 0 aliphatic carbocycles.